The Morgan fingerprint density at radius 1 is 0.412 bits per heavy atom. The molecule has 0 aliphatic heterocycles. The summed E-state index contributed by atoms with van der Waals surface area (Å²) < 4.78 is 5.45. The van der Waals surface area contributed by atoms with Crippen LogP contribution in [0.25, 0.3) is 0 Å². The van der Waals surface area contributed by atoms with Crippen molar-refractivity contribution in [2.45, 2.75) is 334 Å². The first-order valence-corrected chi connectivity index (χ1v) is 30.2. The number of rotatable bonds is 56. The van der Waals surface area contributed by atoms with E-state index < -0.39 is 12.1 Å². The van der Waals surface area contributed by atoms with Gasteiger partial charge >= 0.3 is 5.97 Å². The van der Waals surface area contributed by atoms with Crippen molar-refractivity contribution in [1.82, 2.24) is 5.32 Å². The Bertz CT molecular complexity index is 1100. The molecule has 0 rings (SSSR count). The molecule has 0 aliphatic rings. The second kappa shape index (κ2) is 57.7. The van der Waals surface area contributed by atoms with Crippen LogP contribution in [-0.4, -0.2) is 47.4 Å². The van der Waals surface area contributed by atoms with Crippen molar-refractivity contribution in [3.63, 3.8) is 0 Å². The zero-order valence-electron chi connectivity index (χ0n) is 45.6. The van der Waals surface area contributed by atoms with E-state index in [4.69, 9.17) is 4.74 Å². The molecule has 0 fully saturated rings. The zero-order chi connectivity index (χ0) is 49.3. The Hall–Kier alpha value is -1.92. The Morgan fingerprint density at radius 3 is 1.19 bits per heavy atom. The highest BCUT2D eigenvalue weighted by Gasteiger charge is 2.20. The number of esters is 1. The van der Waals surface area contributed by atoms with Gasteiger partial charge in [0.2, 0.25) is 5.91 Å². The van der Waals surface area contributed by atoms with E-state index in [0.717, 1.165) is 83.5 Å². The second-order valence-corrected chi connectivity index (χ2v) is 20.7. The Labute approximate surface area is 424 Å². The monoisotopic (exact) mass is 956 g/mol. The molecule has 2 atom stereocenters. The third-order valence-electron chi connectivity index (χ3n) is 13.9. The lowest BCUT2D eigenvalue weighted by molar-refractivity contribution is -0.143. The van der Waals surface area contributed by atoms with Crippen molar-refractivity contribution in [3.05, 3.63) is 36.5 Å². The highest BCUT2D eigenvalue weighted by atomic mass is 16.5. The average Bonchev–Trinajstić information content (AvgIpc) is 3.34. The lowest BCUT2D eigenvalue weighted by Crippen LogP contribution is -2.45. The minimum absolute atomic E-state index is 0.0250. The van der Waals surface area contributed by atoms with Gasteiger partial charge in [0.05, 0.1) is 25.4 Å². The van der Waals surface area contributed by atoms with Gasteiger partial charge in [-0.05, 0) is 77.0 Å². The van der Waals surface area contributed by atoms with E-state index in [1.807, 2.05) is 0 Å². The SMILES string of the molecule is CCC/C=C\C/C=C\CCCCCCCC(=O)OCCCCCC/C=C\CCCCCCCCCC(=O)NC(CO)C(O)CCCCCCCCCCCCCCCCCCCCCCCCC. The van der Waals surface area contributed by atoms with Gasteiger partial charge in [-0.1, -0.05) is 269 Å². The molecule has 400 valence electrons. The number of aliphatic hydroxyl groups is 2. The number of carbonyl (C=O) groups is 2. The lowest BCUT2D eigenvalue weighted by atomic mass is 10.0. The summed E-state index contributed by atoms with van der Waals surface area (Å²) in [6.07, 6.45) is 71.4. The van der Waals surface area contributed by atoms with Crippen molar-refractivity contribution < 1.29 is 24.5 Å². The second-order valence-electron chi connectivity index (χ2n) is 20.7. The third-order valence-corrected chi connectivity index (χ3v) is 13.9. The van der Waals surface area contributed by atoms with Gasteiger partial charge in [-0.3, -0.25) is 9.59 Å². The van der Waals surface area contributed by atoms with Crippen LogP contribution in [0.5, 0.6) is 0 Å². The molecule has 0 aliphatic carbocycles. The molecule has 0 saturated carbocycles. The van der Waals surface area contributed by atoms with Gasteiger partial charge in [-0.15, -0.1) is 0 Å². The highest BCUT2D eigenvalue weighted by molar-refractivity contribution is 5.76. The van der Waals surface area contributed by atoms with Crippen LogP contribution in [0.4, 0.5) is 0 Å². The summed E-state index contributed by atoms with van der Waals surface area (Å²) >= 11 is 0. The number of ether oxygens (including phenoxy) is 1. The molecule has 1 amide bonds. The van der Waals surface area contributed by atoms with Gasteiger partial charge in [0.1, 0.15) is 0 Å². The van der Waals surface area contributed by atoms with Crippen molar-refractivity contribution in [3.8, 4) is 0 Å². The Balaban J connectivity index is 3.48. The van der Waals surface area contributed by atoms with E-state index in [0.29, 0.717) is 25.9 Å². The molecule has 0 saturated heterocycles. The van der Waals surface area contributed by atoms with E-state index in [9.17, 15) is 19.8 Å². The van der Waals surface area contributed by atoms with Gasteiger partial charge in [0, 0.05) is 12.8 Å². The number of hydrogen-bond donors (Lipinski definition) is 3. The molecule has 0 radical (unpaired) electrons. The number of allylic oxidation sites excluding steroid dienone is 6. The predicted octanol–water partition coefficient (Wildman–Crippen LogP) is 18.8. The van der Waals surface area contributed by atoms with Crippen LogP contribution in [-0.2, 0) is 14.3 Å². The summed E-state index contributed by atoms with van der Waals surface area (Å²) in [4.78, 5) is 24.5. The molecule has 68 heavy (non-hydrogen) atoms. The lowest BCUT2D eigenvalue weighted by Gasteiger charge is -2.22. The van der Waals surface area contributed by atoms with Crippen LogP contribution in [0.1, 0.15) is 322 Å². The van der Waals surface area contributed by atoms with E-state index in [1.54, 1.807) is 0 Å². The van der Waals surface area contributed by atoms with E-state index in [-0.39, 0.29) is 18.5 Å². The number of unbranched alkanes of at least 4 members (excludes halogenated alkanes) is 39. The van der Waals surface area contributed by atoms with Gasteiger partial charge in [0.15, 0.2) is 0 Å². The van der Waals surface area contributed by atoms with Gasteiger partial charge in [-0.2, -0.15) is 0 Å². The first-order valence-electron chi connectivity index (χ1n) is 30.2. The average molecular weight is 957 g/mol. The predicted molar refractivity (Wildman–Crippen MR) is 296 cm³/mol. The molecule has 0 aromatic carbocycles. The molecule has 0 spiro atoms. The highest BCUT2D eigenvalue weighted by Crippen LogP contribution is 2.17. The maximum absolute atomic E-state index is 12.5. The van der Waals surface area contributed by atoms with Crippen LogP contribution in [0.2, 0.25) is 0 Å². The molecular weight excluding hydrogens is 839 g/mol. The fraction of sp³-hybridized carbons (Fsp3) is 0.871. The number of nitrogens with one attached hydrogen (secondary N) is 1. The fourth-order valence-corrected chi connectivity index (χ4v) is 9.26. The fourth-order valence-electron chi connectivity index (χ4n) is 9.26. The molecule has 0 bridgehead atoms. The molecule has 6 nitrogen and oxygen atoms in total. The van der Waals surface area contributed by atoms with E-state index >= 15 is 0 Å². The summed E-state index contributed by atoms with van der Waals surface area (Å²) in [7, 11) is 0. The van der Waals surface area contributed by atoms with E-state index in [1.165, 1.54) is 205 Å². The number of carbonyl (C=O) groups excluding carboxylic acids is 2. The molecular formula is C62H117NO5. The molecule has 3 N–H and O–H groups in total. The minimum atomic E-state index is -0.676. The Morgan fingerprint density at radius 2 is 0.765 bits per heavy atom. The quantitative estimate of drug-likeness (QED) is 0.0321. The summed E-state index contributed by atoms with van der Waals surface area (Å²) in [5.41, 5.74) is 0. The first-order chi connectivity index (χ1) is 33.5. The molecule has 0 aromatic heterocycles. The number of amides is 1. The summed E-state index contributed by atoms with van der Waals surface area (Å²) in [5, 5.41) is 23.4. The van der Waals surface area contributed by atoms with Crippen molar-refractivity contribution in [1.29, 1.82) is 0 Å². The van der Waals surface area contributed by atoms with Crippen molar-refractivity contribution >= 4 is 11.9 Å². The van der Waals surface area contributed by atoms with Gasteiger partial charge < -0.3 is 20.3 Å². The van der Waals surface area contributed by atoms with Crippen molar-refractivity contribution in [2.24, 2.45) is 0 Å². The minimum Gasteiger partial charge on any atom is -0.466 e. The van der Waals surface area contributed by atoms with Crippen LogP contribution in [0, 0.1) is 0 Å². The van der Waals surface area contributed by atoms with Crippen LogP contribution < -0.4 is 5.32 Å². The maximum Gasteiger partial charge on any atom is 0.305 e. The molecule has 0 heterocycles. The summed E-state index contributed by atoms with van der Waals surface area (Å²) in [6.45, 7) is 4.86. The third kappa shape index (κ3) is 53.4. The topological polar surface area (TPSA) is 95.9 Å². The number of hydrogen-bond acceptors (Lipinski definition) is 5. The molecule has 2 unspecified atom stereocenters. The summed E-state index contributed by atoms with van der Waals surface area (Å²) in [5.74, 6) is -0.0733. The molecule has 0 aromatic rings. The zero-order valence-corrected chi connectivity index (χ0v) is 45.6. The smallest absolute Gasteiger partial charge is 0.305 e. The largest absolute Gasteiger partial charge is 0.466 e. The van der Waals surface area contributed by atoms with Crippen molar-refractivity contribution in [2.75, 3.05) is 13.2 Å². The van der Waals surface area contributed by atoms with Crippen LogP contribution in [0.15, 0.2) is 36.5 Å². The molecule has 6 heteroatoms. The van der Waals surface area contributed by atoms with E-state index in [2.05, 4.69) is 55.6 Å². The van der Waals surface area contributed by atoms with Gasteiger partial charge in [0.25, 0.3) is 0 Å². The Kier molecular flexibility index (Phi) is 56.0. The standard InChI is InChI=1S/C62H117NO5/c1-3-5-7-9-11-13-15-17-18-19-20-21-22-23-24-25-27-31-34-38-42-46-50-54-60(65)59(58-64)63-61(66)55-51-47-43-39-35-32-28-26-29-33-37-41-45-49-53-57-68-62(67)56-52-48-44-40-36-30-16-14-12-10-8-6-4-2/h8,10,14,16,29,33,59-60,64-65H,3-7,9,11-13,15,17-28,30-32,34-58H2,1-2H3,(H,63,66)/b10-8-,16-14-,33-29-. The maximum atomic E-state index is 12.5. The van der Waals surface area contributed by atoms with Crippen LogP contribution in [0.3, 0.4) is 0 Å². The summed E-state index contributed by atoms with van der Waals surface area (Å²) in [6, 6.07) is -0.555. The normalized spacial score (nSPS) is 12.8. The first kappa shape index (κ1) is 66.1. The number of aliphatic hydroxyl groups excluding tert-OH is 2. The van der Waals surface area contributed by atoms with Gasteiger partial charge in [-0.25, -0.2) is 0 Å². The van der Waals surface area contributed by atoms with Crippen LogP contribution >= 0.6 is 0 Å².